The van der Waals surface area contributed by atoms with E-state index in [2.05, 4.69) is 5.32 Å². The maximum atomic E-state index is 12.6. The lowest BCUT2D eigenvalue weighted by Crippen LogP contribution is -2.44. The van der Waals surface area contributed by atoms with Crippen molar-refractivity contribution in [2.45, 2.75) is 12.8 Å². The summed E-state index contributed by atoms with van der Waals surface area (Å²) in [7, 11) is 3.85. The molecule has 1 heterocycles. The van der Waals surface area contributed by atoms with Gasteiger partial charge in [0, 0.05) is 37.0 Å². The van der Waals surface area contributed by atoms with E-state index in [-0.39, 0.29) is 23.6 Å². The van der Waals surface area contributed by atoms with E-state index >= 15 is 0 Å². The van der Waals surface area contributed by atoms with Crippen LogP contribution in [0.15, 0.2) is 36.4 Å². The van der Waals surface area contributed by atoms with E-state index in [1.807, 2.05) is 19.0 Å². The number of anilines is 1. The standard InChI is InChI=1S/C19H26N4O3/c1-22(2)11-4-6-17(24)21-16-9-7-14(8-10-16)19(26)23-12-3-5-15(13-23)18(20)25/h4,6-10,15H,3,5,11-13H2,1-2H3,(H2,20,25)(H,21,24)/b6-4+. The van der Waals surface area contributed by atoms with E-state index in [4.69, 9.17) is 5.73 Å². The van der Waals surface area contributed by atoms with Gasteiger partial charge < -0.3 is 20.9 Å². The molecule has 1 fully saturated rings. The smallest absolute Gasteiger partial charge is 0.253 e. The van der Waals surface area contributed by atoms with Crippen LogP contribution in [-0.4, -0.2) is 61.3 Å². The topological polar surface area (TPSA) is 95.7 Å². The van der Waals surface area contributed by atoms with Crippen molar-refractivity contribution < 1.29 is 14.4 Å². The van der Waals surface area contributed by atoms with Crippen LogP contribution in [0.2, 0.25) is 0 Å². The number of amides is 3. The molecule has 0 aromatic heterocycles. The molecule has 1 aliphatic heterocycles. The lowest BCUT2D eigenvalue weighted by Gasteiger charge is -2.31. The van der Waals surface area contributed by atoms with E-state index in [9.17, 15) is 14.4 Å². The molecule has 1 saturated heterocycles. The third-order valence-electron chi connectivity index (χ3n) is 4.25. The minimum atomic E-state index is -0.358. The first kappa shape index (κ1) is 19.7. The molecule has 1 atom stereocenters. The van der Waals surface area contributed by atoms with E-state index in [0.717, 1.165) is 12.8 Å². The van der Waals surface area contributed by atoms with Gasteiger partial charge in [0.25, 0.3) is 5.91 Å². The highest BCUT2D eigenvalue weighted by molar-refractivity contribution is 6.00. The molecule has 1 unspecified atom stereocenters. The van der Waals surface area contributed by atoms with Gasteiger partial charge >= 0.3 is 0 Å². The van der Waals surface area contributed by atoms with E-state index < -0.39 is 0 Å². The zero-order chi connectivity index (χ0) is 19.1. The maximum absolute atomic E-state index is 12.6. The SMILES string of the molecule is CN(C)C/C=C/C(=O)Nc1ccc(C(=O)N2CCCC(C(N)=O)C2)cc1. The number of hydrogen-bond donors (Lipinski definition) is 2. The lowest BCUT2D eigenvalue weighted by molar-refractivity contribution is -0.123. The fourth-order valence-corrected chi connectivity index (χ4v) is 2.83. The molecule has 3 N–H and O–H groups in total. The molecule has 0 saturated carbocycles. The molecule has 0 radical (unpaired) electrons. The third kappa shape index (κ3) is 5.70. The van der Waals surface area contributed by atoms with Crippen LogP contribution in [-0.2, 0) is 9.59 Å². The molecule has 7 nitrogen and oxygen atoms in total. The van der Waals surface area contributed by atoms with Gasteiger partial charge in [0.1, 0.15) is 0 Å². The van der Waals surface area contributed by atoms with Crippen molar-refractivity contribution >= 4 is 23.4 Å². The van der Waals surface area contributed by atoms with Crippen LogP contribution in [0.3, 0.4) is 0 Å². The van der Waals surface area contributed by atoms with Crippen LogP contribution in [0, 0.1) is 5.92 Å². The third-order valence-corrected chi connectivity index (χ3v) is 4.25. The van der Waals surface area contributed by atoms with Crippen molar-refractivity contribution in [1.82, 2.24) is 9.80 Å². The number of piperidine rings is 1. The van der Waals surface area contributed by atoms with E-state index in [0.29, 0.717) is 30.9 Å². The van der Waals surface area contributed by atoms with Crippen molar-refractivity contribution in [1.29, 1.82) is 0 Å². The summed E-state index contributed by atoms with van der Waals surface area (Å²) in [6, 6.07) is 6.74. The molecular weight excluding hydrogens is 332 g/mol. The second kappa shape index (κ2) is 9.15. The summed E-state index contributed by atoms with van der Waals surface area (Å²) in [5, 5.41) is 2.75. The Kier molecular flexibility index (Phi) is 6.91. The Hall–Kier alpha value is -2.67. The fourth-order valence-electron chi connectivity index (χ4n) is 2.83. The Morgan fingerprint density at radius 3 is 2.58 bits per heavy atom. The first-order valence-electron chi connectivity index (χ1n) is 8.67. The summed E-state index contributed by atoms with van der Waals surface area (Å²) >= 11 is 0. The number of likely N-dealkylation sites (tertiary alicyclic amines) is 1. The highest BCUT2D eigenvalue weighted by Gasteiger charge is 2.27. The quantitative estimate of drug-likeness (QED) is 0.744. The molecule has 1 aromatic carbocycles. The number of carbonyl (C=O) groups excluding carboxylic acids is 3. The van der Waals surface area contributed by atoms with Crippen LogP contribution in [0.4, 0.5) is 5.69 Å². The monoisotopic (exact) mass is 358 g/mol. The van der Waals surface area contributed by atoms with Crippen molar-refractivity contribution in [2.75, 3.05) is 39.0 Å². The van der Waals surface area contributed by atoms with Gasteiger partial charge in [0.05, 0.1) is 5.92 Å². The van der Waals surface area contributed by atoms with Gasteiger partial charge in [-0.25, -0.2) is 0 Å². The molecule has 0 aliphatic carbocycles. The minimum Gasteiger partial charge on any atom is -0.369 e. The molecule has 1 aliphatic rings. The summed E-state index contributed by atoms with van der Waals surface area (Å²) in [4.78, 5) is 39.4. The van der Waals surface area contributed by atoms with Crippen LogP contribution >= 0.6 is 0 Å². The maximum Gasteiger partial charge on any atom is 0.253 e. The van der Waals surface area contributed by atoms with Gasteiger partial charge in [-0.2, -0.15) is 0 Å². The number of hydrogen-bond acceptors (Lipinski definition) is 4. The average Bonchev–Trinajstić information content (AvgIpc) is 2.61. The highest BCUT2D eigenvalue weighted by atomic mass is 16.2. The minimum absolute atomic E-state index is 0.125. The number of nitrogens with two attached hydrogens (primary N) is 1. The van der Waals surface area contributed by atoms with Crippen LogP contribution in [0.25, 0.3) is 0 Å². The lowest BCUT2D eigenvalue weighted by atomic mass is 9.97. The zero-order valence-electron chi connectivity index (χ0n) is 15.3. The number of rotatable bonds is 6. The Labute approximate surface area is 153 Å². The Balaban J connectivity index is 1.94. The highest BCUT2D eigenvalue weighted by Crippen LogP contribution is 2.19. The summed E-state index contributed by atoms with van der Waals surface area (Å²) in [6.07, 6.45) is 4.76. The average molecular weight is 358 g/mol. The Morgan fingerprint density at radius 1 is 1.27 bits per heavy atom. The van der Waals surface area contributed by atoms with Crippen molar-refractivity contribution in [3.63, 3.8) is 0 Å². The molecule has 0 spiro atoms. The molecule has 2 rings (SSSR count). The summed E-state index contributed by atoms with van der Waals surface area (Å²) < 4.78 is 0. The number of carbonyl (C=O) groups is 3. The van der Waals surface area contributed by atoms with E-state index in [1.165, 1.54) is 6.08 Å². The first-order valence-corrected chi connectivity index (χ1v) is 8.67. The molecule has 140 valence electrons. The van der Waals surface area contributed by atoms with Crippen molar-refractivity contribution in [2.24, 2.45) is 11.7 Å². The Bertz CT molecular complexity index is 683. The van der Waals surface area contributed by atoms with Gasteiger partial charge in [0.2, 0.25) is 11.8 Å². The van der Waals surface area contributed by atoms with Crippen LogP contribution in [0.1, 0.15) is 23.2 Å². The fraction of sp³-hybridized carbons (Fsp3) is 0.421. The summed E-state index contributed by atoms with van der Waals surface area (Å²) in [5.74, 6) is -0.978. The second-order valence-electron chi connectivity index (χ2n) is 6.72. The first-order chi connectivity index (χ1) is 12.4. The van der Waals surface area contributed by atoms with Gasteiger partial charge in [-0.15, -0.1) is 0 Å². The number of nitrogens with one attached hydrogen (secondary N) is 1. The number of nitrogens with zero attached hydrogens (tertiary/aromatic N) is 2. The number of likely N-dealkylation sites (N-methyl/N-ethyl adjacent to an activating group) is 1. The van der Waals surface area contributed by atoms with Gasteiger partial charge in [-0.05, 0) is 51.2 Å². The number of benzene rings is 1. The van der Waals surface area contributed by atoms with Crippen molar-refractivity contribution in [3.8, 4) is 0 Å². The van der Waals surface area contributed by atoms with Gasteiger partial charge in [-0.1, -0.05) is 6.08 Å². The number of primary amides is 1. The summed E-state index contributed by atoms with van der Waals surface area (Å²) in [5.41, 5.74) is 6.50. The van der Waals surface area contributed by atoms with Gasteiger partial charge in [0.15, 0.2) is 0 Å². The molecule has 26 heavy (non-hydrogen) atoms. The zero-order valence-corrected chi connectivity index (χ0v) is 15.3. The van der Waals surface area contributed by atoms with Crippen LogP contribution in [0.5, 0.6) is 0 Å². The normalized spacial score (nSPS) is 17.5. The predicted octanol–water partition coefficient (Wildman–Crippen LogP) is 1.08. The predicted molar refractivity (Wildman–Crippen MR) is 101 cm³/mol. The molecule has 1 aromatic rings. The molecule has 0 bridgehead atoms. The molecular formula is C19H26N4O3. The largest absolute Gasteiger partial charge is 0.369 e. The second-order valence-corrected chi connectivity index (χ2v) is 6.72. The Morgan fingerprint density at radius 2 is 1.96 bits per heavy atom. The van der Waals surface area contributed by atoms with E-state index in [1.54, 1.807) is 35.2 Å². The summed E-state index contributed by atoms with van der Waals surface area (Å²) in [6.45, 7) is 1.67. The van der Waals surface area contributed by atoms with Gasteiger partial charge in [-0.3, -0.25) is 14.4 Å². The van der Waals surface area contributed by atoms with Crippen LogP contribution < -0.4 is 11.1 Å². The van der Waals surface area contributed by atoms with Crippen molar-refractivity contribution in [3.05, 3.63) is 42.0 Å². The molecule has 3 amide bonds. The molecule has 7 heteroatoms.